The van der Waals surface area contributed by atoms with Gasteiger partial charge in [-0.2, -0.15) is 0 Å². The van der Waals surface area contributed by atoms with Crippen molar-refractivity contribution in [1.29, 1.82) is 0 Å². The van der Waals surface area contributed by atoms with Gasteiger partial charge in [-0.1, -0.05) is 24.3 Å². The molecule has 106 valence electrons. The Morgan fingerprint density at radius 2 is 1.95 bits per heavy atom. The lowest BCUT2D eigenvalue weighted by molar-refractivity contribution is -0.118. The summed E-state index contributed by atoms with van der Waals surface area (Å²) in [6, 6.07) is 12.8. The van der Waals surface area contributed by atoms with Crippen molar-refractivity contribution in [3.8, 4) is 0 Å². The Bertz CT molecular complexity index is 742. The minimum Gasteiger partial charge on any atom is -0.478 e. The lowest BCUT2D eigenvalue weighted by atomic mass is 9.77. The third-order valence-corrected chi connectivity index (χ3v) is 4.31. The minimum absolute atomic E-state index is 0.114. The van der Waals surface area contributed by atoms with Crippen LogP contribution in [0.5, 0.6) is 0 Å². The van der Waals surface area contributed by atoms with Crippen LogP contribution in [0.3, 0.4) is 0 Å². The average molecular weight is 393 g/mol. The Morgan fingerprint density at radius 3 is 2.67 bits per heavy atom. The second-order valence-corrected chi connectivity index (χ2v) is 6.19. The van der Waals surface area contributed by atoms with E-state index >= 15 is 0 Å². The fourth-order valence-corrected chi connectivity index (χ4v) is 3.01. The van der Waals surface area contributed by atoms with Crippen molar-refractivity contribution in [2.24, 2.45) is 0 Å². The van der Waals surface area contributed by atoms with E-state index in [0.717, 1.165) is 9.13 Å². The Balaban J connectivity index is 1.82. The van der Waals surface area contributed by atoms with Crippen LogP contribution in [0.25, 0.3) is 0 Å². The van der Waals surface area contributed by atoms with Crippen molar-refractivity contribution in [3.05, 3.63) is 62.7 Å². The molecule has 0 heterocycles. The van der Waals surface area contributed by atoms with Crippen LogP contribution >= 0.6 is 22.6 Å². The normalized spacial score (nSPS) is 15.8. The fourth-order valence-electron chi connectivity index (χ4n) is 2.52. The van der Waals surface area contributed by atoms with Crippen LogP contribution in [0.15, 0.2) is 42.5 Å². The van der Waals surface area contributed by atoms with E-state index in [2.05, 4.69) is 5.32 Å². The summed E-state index contributed by atoms with van der Waals surface area (Å²) in [7, 11) is 0. The molecule has 0 spiro atoms. The van der Waals surface area contributed by atoms with E-state index in [1.165, 1.54) is 5.56 Å². The number of carbonyl (C=O) groups is 2. The van der Waals surface area contributed by atoms with Gasteiger partial charge in [-0.3, -0.25) is 4.79 Å². The molecule has 3 rings (SSSR count). The molecular weight excluding hydrogens is 381 g/mol. The molecule has 1 aliphatic carbocycles. The van der Waals surface area contributed by atoms with E-state index in [4.69, 9.17) is 0 Å². The standard InChI is InChI=1S/C16H12INO3/c17-10-5-6-14(13(8-10)16(20)21)18-15(19)12-7-9-3-1-2-4-11(9)12/h1-6,8,12H,7H2,(H,18,19)(H,20,21). The maximum atomic E-state index is 12.3. The molecule has 1 unspecified atom stereocenters. The maximum absolute atomic E-state index is 12.3. The number of nitrogens with one attached hydrogen (secondary N) is 1. The second-order valence-electron chi connectivity index (χ2n) is 4.94. The van der Waals surface area contributed by atoms with E-state index in [-0.39, 0.29) is 17.4 Å². The maximum Gasteiger partial charge on any atom is 0.337 e. The highest BCUT2D eigenvalue weighted by molar-refractivity contribution is 14.1. The molecule has 0 bridgehead atoms. The number of hydrogen-bond acceptors (Lipinski definition) is 2. The largest absolute Gasteiger partial charge is 0.478 e. The summed E-state index contributed by atoms with van der Waals surface area (Å²) in [6.07, 6.45) is 0.703. The van der Waals surface area contributed by atoms with E-state index in [0.29, 0.717) is 12.1 Å². The summed E-state index contributed by atoms with van der Waals surface area (Å²) < 4.78 is 0.817. The van der Waals surface area contributed by atoms with Crippen LogP contribution in [0.1, 0.15) is 27.4 Å². The Labute approximate surface area is 135 Å². The number of halogens is 1. The van der Waals surface area contributed by atoms with Gasteiger partial charge in [-0.15, -0.1) is 0 Å². The summed E-state index contributed by atoms with van der Waals surface area (Å²) >= 11 is 2.05. The van der Waals surface area contributed by atoms with Gasteiger partial charge < -0.3 is 10.4 Å². The fraction of sp³-hybridized carbons (Fsp3) is 0.125. The molecule has 5 heteroatoms. The van der Waals surface area contributed by atoms with E-state index in [1.54, 1.807) is 18.2 Å². The topological polar surface area (TPSA) is 66.4 Å². The smallest absolute Gasteiger partial charge is 0.337 e. The summed E-state index contributed by atoms with van der Waals surface area (Å²) in [6.45, 7) is 0. The molecule has 21 heavy (non-hydrogen) atoms. The number of amides is 1. The number of hydrogen-bond donors (Lipinski definition) is 2. The molecule has 2 N–H and O–H groups in total. The molecule has 0 saturated carbocycles. The predicted molar refractivity (Wildman–Crippen MR) is 87.6 cm³/mol. The third kappa shape index (κ3) is 2.65. The lowest BCUT2D eigenvalue weighted by Crippen LogP contribution is -2.30. The van der Waals surface area contributed by atoms with Crippen molar-refractivity contribution in [1.82, 2.24) is 0 Å². The van der Waals surface area contributed by atoms with Crippen LogP contribution < -0.4 is 5.32 Å². The molecule has 4 nitrogen and oxygen atoms in total. The SMILES string of the molecule is O=C(O)c1cc(I)ccc1NC(=O)C1Cc2ccccc21. The first-order valence-electron chi connectivity index (χ1n) is 6.48. The molecule has 1 aliphatic rings. The number of carboxylic acids is 1. The number of carboxylic acid groups (broad SMARTS) is 1. The number of fused-ring (bicyclic) bond motifs is 1. The lowest BCUT2D eigenvalue weighted by Gasteiger charge is -2.29. The number of rotatable bonds is 3. The number of anilines is 1. The Morgan fingerprint density at radius 1 is 1.19 bits per heavy atom. The number of benzene rings is 2. The zero-order valence-electron chi connectivity index (χ0n) is 11.0. The van der Waals surface area contributed by atoms with Gasteiger partial charge in [0, 0.05) is 3.57 Å². The summed E-state index contributed by atoms with van der Waals surface area (Å²) in [5.74, 6) is -1.39. The van der Waals surface area contributed by atoms with Gasteiger partial charge in [0.25, 0.3) is 0 Å². The van der Waals surface area contributed by atoms with Crippen LogP contribution in [0, 0.1) is 3.57 Å². The van der Waals surface area contributed by atoms with Gasteiger partial charge in [0.15, 0.2) is 0 Å². The molecule has 1 amide bonds. The van der Waals surface area contributed by atoms with Crippen molar-refractivity contribution < 1.29 is 14.7 Å². The first-order valence-corrected chi connectivity index (χ1v) is 7.55. The average Bonchev–Trinajstić information content (AvgIpc) is 2.42. The number of aromatic carboxylic acids is 1. The van der Waals surface area contributed by atoms with Crippen LogP contribution in [0.4, 0.5) is 5.69 Å². The van der Waals surface area contributed by atoms with Gasteiger partial charge in [-0.25, -0.2) is 4.79 Å². The van der Waals surface area contributed by atoms with Crippen molar-refractivity contribution in [3.63, 3.8) is 0 Å². The third-order valence-electron chi connectivity index (χ3n) is 3.64. The zero-order valence-corrected chi connectivity index (χ0v) is 13.1. The second kappa shape index (κ2) is 5.48. The summed E-state index contributed by atoms with van der Waals surface area (Å²) in [5.41, 5.74) is 2.66. The Kier molecular flexibility index (Phi) is 3.67. The van der Waals surface area contributed by atoms with Gasteiger partial charge in [0.2, 0.25) is 5.91 Å². The van der Waals surface area contributed by atoms with E-state index < -0.39 is 5.97 Å². The first-order chi connectivity index (χ1) is 10.1. The highest BCUT2D eigenvalue weighted by Gasteiger charge is 2.32. The molecule has 0 saturated heterocycles. The monoisotopic (exact) mass is 393 g/mol. The molecule has 0 aromatic heterocycles. The van der Waals surface area contributed by atoms with E-state index in [9.17, 15) is 14.7 Å². The molecule has 0 fully saturated rings. The predicted octanol–water partition coefficient (Wildman–Crippen LogP) is 3.27. The van der Waals surface area contributed by atoms with E-state index in [1.807, 2.05) is 46.9 Å². The first kappa shape index (κ1) is 14.1. The highest BCUT2D eigenvalue weighted by atomic mass is 127. The molecule has 0 radical (unpaired) electrons. The van der Waals surface area contributed by atoms with Crippen LogP contribution in [0.2, 0.25) is 0 Å². The highest BCUT2D eigenvalue weighted by Crippen LogP contribution is 2.35. The summed E-state index contributed by atoms with van der Waals surface area (Å²) in [5, 5.41) is 12.0. The minimum atomic E-state index is -1.04. The molecule has 1 atom stereocenters. The quantitative estimate of drug-likeness (QED) is 0.787. The molecule has 2 aromatic rings. The Hall–Kier alpha value is -1.89. The van der Waals surface area contributed by atoms with Gasteiger partial charge in [-0.05, 0) is 58.3 Å². The van der Waals surface area contributed by atoms with Crippen molar-refractivity contribution >= 4 is 40.2 Å². The van der Waals surface area contributed by atoms with Crippen molar-refractivity contribution in [2.75, 3.05) is 5.32 Å². The van der Waals surface area contributed by atoms with Crippen molar-refractivity contribution in [2.45, 2.75) is 12.3 Å². The summed E-state index contributed by atoms with van der Waals surface area (Å²) in [4.78, 5) is 23.6. The zero-order chi connectivity index (χ0) is 15.0. The molecular formula is C16H12INO3. The molecule has 0 aliphatic heterocycles. The van der Waals surface area contributed by atoms with Gasteiger partial charge in [0.05, 0.1) is 17.2 Å². The van der Waals surface area contributed by atoms with Gasteiger partial charge >= 0.3 is 5.97 Å². The molecule has 2 aromatic carbocycles. The van der Waals surface area contributed by atoms with Crippen LogP contribution in [-0.4, -0.2) is 17.0 Å². The van der Waals surface area contributed by atoms with Gasteiger partial charge in [0.1, 0.15) is 0 Å². The number of carbonyl (C=O) groups excluding carboxylic acids is 1. The van der Waals surface area contributed by atoms with Crippen LogP contribution in [-0.2, 0) is 11.2 Å².